The Morgan fingerprint density at radius 2 is 2.00 bits per heavy atom. The number of imidazole rings is 1. The summed E-state index contributed by atoms with van der Waals surface area (Å²) in [7, 11) is 0. The van der Waals surface area contributed by atoms with E-state index in [4.69, 9.17) is 0 Å². The van der Waals surface area contributed by atoms with Gasteiger partial charge in [-0.05, 0) is 44.9 Å². The van der Waals surface area contributed by atoms with E-state index in [1.165, 1.54) is 5.56 Å². The molecule has 0 aliphatic carbocycles. The number of fused-ring (bicyclic) bond motifs is 1. The Hall–Kier alpha value is -1.39. The van der Waals surface area contributed by atoms with Crippen LogP contribution in [-0.4, -0.2) is 46.6 Å². The first-order valence-corrected chi connectivity index (χ1v) is 7.46. The van der Waals surface area contributed by atoms with Crippen LogP contribution in [0.1, 0.15) is 25.2 Å². The number of aromatic nitrogens is 2. The van der Waals surface area contributed by atoms with Gasteiger partial charge in [0.25, 0.3) is 0 Å². The second-order valence-electron chi connectivity index (χ2n) is 6.40. The van der Waals surface area contributed by atoms with Crippen LogP contribution >= 0.6 is 0 Å². The zero-order chi connectivity index (χ0) is 14.2. The molecule has 4 heteroatoms. The van der Waals surface area contributed by atoms with Crippen molar-refractivity contribution in [3.05, 3.63) is 29.6 Å². The first-order valence-electron chi connectivity index (χ1n) is 7.46. The van der Waals surface area contributed by atoms with Crippen LogP contribution in [0.15, 0.2) is 18.2 Å². The predicted octanol–water partition coefficient (Wildman–Crippen LogP) is 2.10. The maximum atomic E-state index is 4.47. The van der Waals surface area contributed by atoms with Crippen LogP contribution < -0.4 is 5.32 Å². The number of hydrogen-bond donors (Lipinski definition) is 2. The largest absolute Gasteiger partial charge is 0.342 e. The van der Waals surface area contributed by atoms with Crippen molar-refractivity contribution in [2.24, 2.45) is 0 Å². The lowest BCUT2D eigenvalue weighted by Crippen LogP contribution is -2.54. The molecule has 0 atom stereocenters. The van der Waals surface area contributed by atoms with E-state index in [0.29, 0.717) is 0 Å². The zero-order valence-electron chi connectivity index (χ0n) is 12.7. The van der Waals surface area contributed by atoms with Crippen molar-refractivity contribution in [2.45, 2.75) is 32.7 Å². The number of rotatable bonds is 3. The van der Waals surface area contributed by atoms with Crippen LogP contribution in [0.5, 0.6) is 0 Å². The molecule has 3 rings (SSSR count). The number of benzene rings is 1. The molecule has 0 bridgehead atoms. The molecule has 0 saturated carbocycles. The molecular weight excluding hydrogens is 248 g/mol. The fraction of sp³-hybridized carbons (Fsp3) is 0.562. The molecule has 0 spiro atoms. The van der Waals surface area contributed by atoms with Crippen molar-refractivity contribution < 1.29 is 0 Å². The van der Waals surface area contributed by atoms with Gasteiger partial charge in [-0.3, -0.25) is 4.90 Å². The first kappa shape index (κ1) is 13.6. The lowest BCUT2D eigenvalue weighted by atomic mass is 9.92. The average Bonchev–Trinajstić information content (AvgIpc) is 2.79. The molecule has 1 aromatic heterocycles. The van der Waals surface area contributed by atoms with Gasteiger partial charge in [-0.1, -0.05) is 6.07 Å². The number of piperazine rings is 1. The lowest BCUT2D eigenvalue weighted by molar-refractivity contribution is 0.104. The Morgan fingerprint density at radius 1 is 1.25 bits per heavy atom. The van der Waals surface area contributed by atoms with E-state index in [9.17, 15) is 0 Å². The molecule has 1 aliphatic heterocycles. The van der Waals surface area contributed by atoms with Gasteiger partial charge in [-0.2, -0.15) is 0 Å². The Kier molecular flexibility index (Phi) is 3.52. The van der Waals surface area contributed by atoms with Gasteiger partial charge in [0.15, 0.2) is 0 Å². The average molecular weight is 272 g/mol. The molecule has 1 saturated heterocycles. The van der Waals surface area contributed by atoms with Crippen LogP contribution in [0, 0.1) is 6.92 Å². The van der Waals surface area contributed by atoms with E-state index in [1.807, 2.05) is 6.92 Å². The Morgan fingerprint density at radius 3 is 2.75 bits per heavy atom. The third-order valence-electron chi connectivity index (χ3n) is 4.27. The molecule has 0 radical (unpaired) electrons. The molecule has 1 fully saturated rings. The minimum atomic E-state index is 0.199. The van der Waals surface area contributed by atoms with Crippen LogP contribution in [-0.2, 0) is 6.42 Å². The van der Waals surface area contributed by atoms with Crippen molar-refractivity contribution in [3.63, 3.8) is 0 Å². The molecule has 4 nitrogen and oxygen atoms in total. The molecule has 2 N–H and O–H groups in total. The number of aryl methyl sites for hydroxylation is 1. The fourth-order valence-electron chi connectivity index (χ4n) is 3.18. The number of nitrogens with zero attached hydrogens (tertiary/aromatic N) is 2. The van der Waals surface area contributed by atoms with Crippen molar-refractivity contribution >= 4 is 11.0 Å². The smallest absolute Gasteiger partial charge is 0.104 e. The highest BCUT2D eigenvalue weighted by Gasteiger charge is 2.28. The van der Waals surface area contributed by atoms with Gasteiger partial charge in [0.2, 0.25) is 0 Å². The van der Waals surface area contributed by atoms with Crippen molar-refractivity contribution in [1.29, 1.82) is 0 Å². The maximum Gasteiger partial charge on any atom is 0.104 e. The highest BCUT2D eigenvalue weighted by atomic mass is 15.2. The number of nitrogens with one attached hydrogen (secondary N) is 2. The molecule has 1 aromatic carbocycles. The van der Waals surface area contributed by atoms with E-state index in [-0.39, 0.29) is 5.54 Å². The van der Waals surface area contributed by atoms with Crippen molar-refractivity contribution in [1.82, 2.24) is 20.2 Å². The molecule has 0 unspecified atom stereocenters. The molecule has 0 amide bonds. The van der Waals surface area contributed by atoms with E-state index >= 15 is 0 Å². The highest BCUT2D eigenvalue weighted by Crippen LogP contribution is 2.23. The summed E-state index contributed by atoms with van der Waals surface area (Å²) in [6.45, 7) is 11.2. The van der Waals surface area contributed by atoms with Gasteiger partial charge < -0.3 is 10.3 Å². The molecule has 2 aromatic rings. The van der Waals surface area contributed by atoms with Gasteiger partial charge in [0.1, 0.15) is 5.82 Å². The summed E-state index contributed by atoms with van der Waals surface area (Å²) in [5, 5.41) is 3.42. The van der Waals surface area contributed by atoms with E-state index < -0.39 is 0 Å². The number of hydrogen-bond acceptors (Lipinski definition) is 3. The standard InChI is InChI=1S/C16H24N4/c1-12-18-14-5-4-13(10-15(14)19-12)11-16(2,3)20-8-6-17-7-9-20/h4-5,10,17H,6-9,11H2,1-3H3,(H,18,19). The SMILES string of the molecule is Cc1nc2ccc(CC(C)(C)N3CCNCC3)cc2[nH]1. The molecule has 1 aliphatic rings. The summed E-state index contributed by atoms with van der Waals surface area (Å²) in [6, 6.07) is 6.59. The topological polar surface area (TPSA) is 44.0 Å². The Balaban J connectivity index is 1.80. The quantitative estimate of drug-likeness (QED) is 0.899. The lowest BCUT2D eigenvalue weighted by Gasteiger charge is -2.41. The minimum Gasteiger partial charge on any atom is -0.342 e. The van der Waals surface area contributed by atoms with Gasteiger partial charge in [-0.25, -0.2) is 4.98 Å². The summed E-state index contributed by atoms with van der Waals surface area (Å²) >= 11 is 0. The molecule has 2 heterocycles. The summed E-state index contributed by atoms with van der Waals surface area (Å²) in [6.07, 6.45) is 1.07. The summed E-state index contributed by atoms with van der Waals surface area (Å²) in [5.41, 5.74) is 3.79. The Bertz CT molecular complexity index is 594. The third kappa shape index (κ3) is 2.72. The highest BCUT2D eigenvalue weighted by molar-refractivity contribution is 5.75. The molecule has 108 valence electrons. The van der Waals surface area contributed by atoms with Gasteiger partial charge >= 0.3 is 0 Å². The maximum absolute atomic E-state index is 4.47. The van der Waals surface area contributed by atoms with Gasteiger partial charge in [0, 0.05) is 31.7 Å². The van der Waals surface area contributed by atoms with Crippen molar-refractivity contribution in [2.75, 3.05) is 26.2 Å². The summed E-state index contributed by atoms with van der Waals surface area (Å²) in [4.78, 5) is 10.4. The van der Waals surface area contributed by atoms with Gasteiger partial charge in [0.05, 0.1) is 11.0 Å². The molecule has 20 heavy (non-hydrogen) atoms. The van der Waals surface area contributed by atoms with Crippen LogP contribution in [0.4, 0.5) is 0 Å². The number of aromatic amines is 1. The van der Waals surface area contributed by atoms with E-state index in [0.717, 1.165) is 49.5 Å². The van der Waals surface area contributed by atoms with Crippen molar-refractivity contribution in [3.8, 4) is 0 Å². The van der Waals surface area contributed by atoms with E-state index in [1.54, 1.807) is 0 Å². The third-order valence-corrected chi connectivity index (χ3v) is 4.27. The van der Waals surface area contributed by atoms with Gasteiger partial charge in [-0.15, -0.1) is 0 Å². The molecular formula is C16H24N4. The minimum absolute atomic E-state index is 0.199. The van der Waals surface area contributed by atoms with Crippen LogP contribution in [0.2, 0.25) is 0 Å². The summed E-state index contributed by atoms with van der Waals surface area (Å²) in [5.74, 6) is 0.985. The predicted molar refractivity (Wildman–Crippen MR) is 83.1 cm³/mol. The summed E-state index contributed by atoms with van der Waals surface area (Å²) < 4.78 is 0. The Labute approximate surface area is 120 Å². The van der Waals surface area contributed by atoms with Crippen LogP contribution in [0.25, 0.3) is 11.0 Å². The second kappa shape index (κ2) is 5.19. The first-order chi connectivity index (χ1) is 9.54. The fourth-order valence-corrected chi connectivity index (χ4v) is 3.18. The normalized spacial score (nSPS) is 17.8. The zero-order valence-corrected chi connectivity index (χ0v) is 12.7. The monoisotopic (exact) mass is 272 g/mol. The van der Waals surface area contributed by atoms with E-state index in [2.05, 4.69) is 52.2 Å². The number of H-pyrrole nitrogens is 1. The second-order valence-corrected chi connectivity index (χ2v) is 6.40. The van der Waals surface area contributed by atoms with Crippen LogP contribution in [0.3, 0.4) is 0 Å².